The number of amides is 1. The minimum atomic E-state index is -0.463. The van der Waals surface area contributed by atoms with Crippen LogP contribution in [0.15, 0.2) is 24.5 Å². The topological polar surface area (TPSA) is 77.5 Å². The number of rotatable bonds is 7. The molecule has 0 saturated carbocycles. The summed E-state index contributed by atoms with van der Waals surface area (Å²) in [7, 11) is 1.27. The second-order valence-corrected chi connectivity index (χ2v) is 3.49. The second-order valence-electron chi connectivity index (χ2n) is 3.49. The Morgan fingerprint density at radius 1 is 1.44 bits per heavy atom. The standard InChI is InChI=1S/C12H16N2O4/c1-17-12(16)9-14-11(15)5-3-7-18-10-4-2-6-13-8-10/h2,4,6,8H,3,5,7,9H2,1H3,(H,14,15). The molecule has 0 fully saturated rings. The largest absolute Gasteiger partial charge is 0.492 e. The highest BCUT2D eigenvalue weighted by Gasteiger charge is 2.04. The van der Waals surface area contributed by atoms with E-state index in [1.807, 2.05) is 0 Å². The molecule has 0 aliphatic rings. The van der Waals surface area contributed by atoms with Gasteiger partial charge < -0.3 is 14.8 Å². The molecule has 0 unspecified atom stereocenters. The highest BCUT2D eigenvalue weighted by molar-refractivity contribution is 5.81. The third-order valence-electron chi connectivity index (χ3n) is 2.11. The Labute approximate surface area is 105 Å². The molecule has 1 heterocycles. The van der Waals surface area contributed by atoms with Gasteiger partial charge in [0.25, 0.3) is 0 Å². The van der Waals surface area contributed by atoms with E-state index in [2.05, 4.69) is 15.0 Å². The lowest BCUT2D eigenvalue weighted by Crippen LogP contribution is -2.30. The first kappa shape index (κ1) is 14.0. The fourth-order valence-electron chi connectivity index (χ4n) is 1.19. The maximum Gasteiger partial charge on any atom is 0.325 e. The number of pyridine rings is 1. The normalized spacial score (nSPS) is 9.61. The summed E-state index contributed by atoms with van der Waals surface area (Å²) in [4.78, 5) is 26.0. The first-order valence-electron chi connectivity index (χ1n) is 5.58. The van der Waals surface area contributed by atoms with Gasteiger partial charge in [0.15, 0.2) is 0 Å². The molecular weight excluding hydrogens is 236 g/mol. The molecule has 98 valence electrons. The molecule has 6 heteroatoms. The number of ether oxygens (including phenoxy) is 2. The van der Waals surface area contributed by atoms with Crippen LogP contribution in [-0.4, -0.2) is 37.1 Å². The van der Waals surface area contributed by atoms with Crippen molar-refractivity contribution in [2.75, 3.05) is 20.3 Å². The SMILES string of the molecule is COC(=O)CNC(=O)CCCOc1cccnc1. The highest BCUT2D eigenvalue weighted by atomic mass is 16.5. The Bertz CT molecular complexity index is 381. The molecule has 0 aliphatic heterocycles. The number of carbonyl (C=O) groups is 2. The maximum atomic E-state index is 11.3. The molecule has 0 atom stereocenters. The molecule has 0 bridgehead atoms. The van der Waals surface area contributed by atoms with Crippen LogP contribution in [0.3, 0.4) is 0 Å². The van der Waals surface area contributed by atoms with Crippen LogP contribution in [0.25, 0.3) is 0 Å². The van der Waals surface area contributed by atoms with Gasteiger partial charge in [-0.25, -0.2) is 0 Å². The van der Waals surface area contributed by atoms with E-state index in [1.54, 1.807) is 24.5 Å². The zero-order chi connectivity index (χ0) is 13.2. The molecule has 1 N–H and O–H groups in total. The van der Waals surface area contributed by atoms with Crippen LogP contribution in [0.4, 0.5) is 0 Å². The van der Waals surface area contributed by atoms with Crippen molar-refractivity contribution in [3.63, 3.8) is 0 Å². The fourth-order valence-corrected chi connectivity index (χ4v) is 1.19. The number of aromatic nitrogens is 1. The lowest BCUT2D eigenvalue weighted by atomic mass is 10.3. The Morgan fingerprint density at radius 2 is 2.28 bits per heavy atom. The van der Waals surface area contributed by atoms with Gasteiger partial charge in [-0.1, -0.05) is 0 Å². The molecule has 0 aliphatic carbocycles. The summed E-state index contributed by atoms with van der Waals surface area (Å²) in [6, 6.07) is 3.57. The van der Waals surface area contributed by atoms with Gasteiger partial charge in [-0.3, -0.25) is 14.6 Å². The van der Waals surface area contributed by atoms with E-state index in [0.717, 1.165) is 0 Å². The van der Waals surface area contributed by atoms with E-state index in [-0.39, 0.29) is 12.5 Å². The van der Waals surface area contributed by atoms with Gasteiger partial charge in [-0.05, 0) is 18.6 Å². The molecule has 1 rings (SSSR count). The Kier molecular flexibility index (Phi) is 6.24. The highest BCUT2D eigenvalue weighted by Crippen LogP contribution is 2.06. The van der Waals surface area contributed by atoms with Gasteiger partial charge in [-0.2, -0.15) is 0 Å². The predicted molar refractivity (Wildman–Crippen MR) is 64.0 cm³/mol. The Hall–Kier alpha value is -2.11. The summed E-state index contributed by atoms with van der Waals surface area (Å²) in [5, 5.41) is 2.45. The van der Waals surface area contributed by atoms with Crippen LogP contribution >= 0.6 is 0 Å². The summed E-state index contributed by atoms with van der Waals surface area (Å²) in [6.07, 6.45) is 4.14. The van der Waals surface area contributed by atoms with Gasteiger partial charge in [0, 0.05) is 12.6 Å². The molecule has 6 nitrogen and oxygen atoms in total. The number of hydrogen-bond donors (Lipinski definition) is 1. The molecule has 0 radical (unpaired) electrons. The third kappa shape index (κ3) is 5.83. The van der Waals surface area contributed by atoms with Gasteiger partial charge in [0.1, 0.15) is 12.3 Å². The average Bonchev–Trinajstić information content (AvgIpc) is 2.42. The van der Waals surface area contributed by atoms with Gasteiger partial charge in [0.2, 0.25) is 5.91 Å². The van der Waals surface area contributed by atoms with Crippen LogP contribution in [0.2, 0.25) is 0 Å². The minimum Gasteiger partial charge on any atom is -0.492 e. The summed E-state index contributed by atoms with van der Waals surface area (Å²) in [6.45, 7) is 0.329. The van der Waals surface area contributed by atoms with Crippen LogP contribution in [0.1, 0.15) is 12.8 Å². The average molecular weight is 252 g/mol. The molecule has 18 heavy (non-hydrogen) atoms. The van der Waals surface area contributed by atoms with Crippen molar-refractivity contribution in [3.8, 4) is 5.75 Å². The van der Waals surface area contributed by atoms with Crippen LogP contribution < -0.4 is 10.1 Å². The van der Waals surface area contributed by atoms with E-state index in [1.165, 1.54) is 7.11 Å². The van der Waals surface area contributed by atoms with E-state index in [9.17, 15) is 9.59 Å². The van der Waals surface area contributed by atoms with E-state index in [4.69, 9.17) is 4.74 Å². The molecular formula is C12H16N2O4. The summed E-state index contributed by atoms with van der Waals surface area (Å²) >= 11 is 0. The van der Waals surface area contributed by atoms with Crippen molar-refractivity contribution in [1.29, 1.82) is 0 Å². The number of carbonyl (C=O) groups excluding carboxylic acids is 2. The van der Waals surface area contributed by atoms with Crippen molar-refractivity contribution in [2.24, 2.45) is 0 Å². The lowest BCUT2D eigenvalue weighted by molar-refractivity contribution is -0.141. The third-order valence-corrected chi connectivity index (χ3v) is 2.11. The summed E-state index contributed by atoms with van der Waals surface area (Å²) in [5.41, 5.74) is 0. The van der Waals surface area contributed by atoms with Crippen molar-refractivity contribution in [1.82, 2.24) is 10.3 Å². The molecule has 1 amide bonds. The first-order chi connectivity index (χ1) is 8.72. The predicted octanol–water partition coefficient (Wildman–Crippen LogP) is 0.530. The monoisotopic (exact) mass is 252 g/mol. The number of methoxy groups -OCH3 is 1. The second kappa shape index (κ2) is 8.05. The van der Waals surface area contributed by atoms with Crippen molar-refractivity contribution < 1.29 is 19.1 Å². The molecule has 1 aromatic heterocycles. The van der Waals surface area contributed by atoms with Crippen molar-refractivity contribution >= 4 is 11.9 Å². The van der Waals surface area contributed by atoms with Crippen LogP contribution in [0.5, 0.6) is 5.75 Å². The Balaban J connectivity index is 2.07. The number of esters is 1. The van der Waals surface area contributed by atoms with E-state index in [0.29, 0.717) is 25.2 Å². The maximum absolute atomic E-state index is 11.3. The minimum absolute atomic E-state index is 0.0984. The molecule has 0 saturated heterocycles. The zero-order valence-corrected chi connectivity index (χ0v) is 10.2. The molecule has 0 spiro atoms. The molecule has 1 aromatic rings. The van der Waals surface area contributed by atoms with E-state index < -0.39 is 5.97 Å². The smallest absolute Gasteiger partial charge is 0.325 e. The van der Waals surface area contributed by atoms with Crippen molar-refractivity contribution in [2.45, 2.75) is 12.8 Å². The zero-order valence-electron chi connectivity index (χ0n) is 10.2. The van der Waals surface area contributed by atoms with Gasteiger partial charge in [-0.15, -0.1) is 0 Å². The van der Waals surface area contributed by atoms with E-state index >= 15 is 0 Å². The number of nitrogens with zero attached hydrogens (tertiary/aromatic N) is 1. The lowest BCUT2D eigenvalue weighted by Gasteiger charge is -2.05. The quantitative estimate of drug-likeness (QED) is 0.565. The number of hydrogen-bond acceptors (Lipinski definition) is 5. The van der Waals surface area contributed by atoms with Gasteiger partial charge >= 0.3 is 5.97 Å². The van der Waals surface area contributed by atoms with Crippen molar-refractivity contribution in [3.05, 3.63) is 24.5 Å². The van der Waals surface area contributed by atoms with Gasteiger partial charge in [0.05, 0.1) is 19.9 Å². The fraction of sp³-hybridized carbons (Fsp3) is 0.417. The van der Waals surface area contributed by atoms with Crippen LogP contribution in [0, 0.1) is 0 Å². The molecule has 0 aromatic carbocycles. The Morgan fingerprint density at radius 3 is 2.94 bits per heavy atom. The number of nitrogens with one attached hydrogen (secondary N) is 1. The summed E-state index contributed by atoms with van der Waals surface area (Å²) < 4.78 is 9.77. The first-order valence-corrected chi connectivity index (χ1v) is 5.58. The summed E-state index contributed by atoms with van der Waals surface area (Å²) in [5.74, 6) is 0.0117. The van der Waals surface area contributed by atoms with Crippen LogP contribution in [-0.2, 0) is 14.3 Å².